The number of rotatable bonds is 0. The maximum absolute atomic E-state index is 5.13. The molecule has 2 nitrogen and oxygen atoms in total. The fourth-order valence-electron chi connectivity index (χ4n) is 0.716. The molecule has 0 aromatic heterocycles. The quantitative estimate of drug-likeness (QED) is 0.514. The van der Waals surface area contributed by atoms with Crippen LogP contribution in [0, 0.1) is 0 Å². The third kappa shape index (κ3) is 0.733. The van der Waals surface area contributed by atoms with Crippen LogP contribution in [0.2, 0.25) is 0 Å². The van der Waals surface area contributed by atoms with Gasteiger partial charge in [-0.3, -0.25) is 0 Å². The molecule has 46 valence electrons. The molecule has 0 spiro atoms. The molecule has 0 aliphatic carbocycles. The average molecular weight is 139 g/mol. The first-order valence-corrected chi connectivity index (χ1v) is 3.50. The van der Waals surface area contributed by atoms with Crippen LogP contribution in [-0.2, 0) is 4.74 Å². The second-order valence-electron chi connectivity index (χ2n) is 1.73. The minimum absolute atomic E-state index is 0.919. The highest BCUT2D eigenvalue weighted by Gasteiger charge is 2.12. The van der Waals surface area contributed by atoms with Crippen LogP contribution in [0.25, 0.3) is 0 Å². The lowest BCUT2D eigenvalue weighted by atomic mass is 10.3. The number of fused-ring (bicyclic) bond motifs is 1. The van der Waals surface area contributed by atoms with E-state index in [0.29, 0.717) is 0 Å². The molecular formula is C6H5NOS. The summed E-state index contributed by atoms with van der Waals surface area (Å²) in [6.45, 7) is 0. The number of ether oxygens (including phenoxy) is 1. The highest BCUT2D eigenvalue weighted by Crippen LogP contribution is 2.25. The minimum atomic E-state index is 0.919. The lowest BCUT2D eigenvalue weighted by Crippen LogP contribution is -2.01. The Kier molecular flexibility index (Phi) is 1.02. The Bertz CT molecular complexity index is 217. The highest BCUT2D eigenvalue weighted by atomic mass is 32.2. The van der Waals surface area contributed by atoms with Gasteiger partial charge in [-0.1, -0.05) is 0 Å². The summed E-state index contributed by atoms with van der Waals surface area (Å²) in [5.41, 5.74) is 1.06. The zero-order valence-corrected chi connectivity index (χ0v) is 5.44. The molecule has 3 heteroatoms. The minimum Gasteiger partial charge on any atom is -0.462 e. The molecule has 0 amide bonds. The SMILES string of the molecule is C1=COC2=CSNC2=C1. The summed E-state index contributed by atoms with van der Waals surface area (Å²) < 4.78 is 8.20. The molecule has 2 aliphatic rings. The van der Waals surface area contributed by atoms with Crippen LogP contribution in [0.3, 0.4) is 0 Å². The first-order valence-electron chi connectivity index (χ1n) is 2.62. The number of allylic oxidation sites excluding steroid dienone is 2. The topological polar surface area (TPSA) is 21.3 Å². The first-order chi connectivity index (χ1) is 4.47. The Balaban J connectivity index is 2.37. The molecule has 0 aromatic carbocycles. The van der Waals surface area contributed by atoms with E-state index in [1.807, 2.05) is 17.6 Å². The first kappa shape index (κ1) is 4.99. The van der Waals surface area contributed by atoms with Gasteiger partial charge < -0.3 is 9.46 Å². The van der Waals surface area contributed by atoms with Crippen molar-refractivity contribution in [1.29, 1.82) is 0 Å². The molecule has 0 radical (unpaired) electrons. The second-order valence-corrected chi connectivity index (χ2v) is 2.40. The molecule has 0 atom stereocenters. The predicted molar refractivity (Wildman–Crippen MR) is 37.1 cm³/mol. The summed E-state index contributed by atoms with van der Waals surface area (Å²) in [5, 5.41) is 1.94. The smallest absolute Gasteiger partial charge is 0.158 e. The van der Waals surface area contributed by atoms with Gasteiger partial charge in [0, 0.05) is 5.41 Å². The van der Waals surface area contributed by atoms with E-state index in [9.17, 15) is 0 Å². The maximum Gasteiger partial charge on any atom is 0.158 e. The summed E-state index contributed by atoms with van der Waals surface area (Å²) in [7, 11) is 0. The van der Waals surface area contributed by atoms with Gasteiger partial charge in [-0.25, -0.2) is 0 Å². The van der Waals surface area contributed by atoms with Crippen molar-refractivity contribution in [2.24, 2.45) is 0 Å². The number of hydrogen-bond acceptors (Lipinski definition) is 3. The molecule has 2 aliphatic heterocycles. The monoisotopic (exact) mass is 139 g/mol. The summed E-state index contributed by atoms with van der Waals surface area (Å²) in [6.07, 6.45) is 5.52. The van der Waals surface area contributed by atoms with Crippen LogP contribution in [0.1, 0.15) is 0 Å². The highest BCUT2D eigenvalue weighted by molar-refractivity contribution is 8.00. The molecule has 0 aromatic rings. The summed E-state index contributed by atoms with van der Waals surface area (Å²) >= 11 is 1.53. The van der Waals surface area contributed by atoms with E-state index in [4.69, 9.17) is 4.74 Å². The molecule has 0 fully saturated rings. The van der Waals surface area contributed by atoms with Gasteiger partial charge in [-0.05, 0) is 24.1 Å². The van der Waals surface area contributed by atoms with Crippen LogP contribution < -0.4 is 4.72 Å². The van der Waals surface area contributed by atoms with E-state index in [2.05, 4.69) is 4.72 Å². The van der Waals surface area contributed by atoms with Gasteiger partial charge >= 0.3 is 0 Å². The van der Waals surface area contributed by atoms with Crippen LogP contribution >= 0.6 is 11.9 Å². The van der Waals surface area contributed by atoms with Crippen molar-refractivity contribution >= 4 is 11.9 Å². The fraction of sp³-hybridized carbons (Fsp3) is 0. The van der Waals surface area contributed by atoms with E-state index in [1.54, 1.807) is 6.26 Å². The summed E-state index contributed by atoms with van der Waals surface area (Å²) in [4.78, 5) is 0. The molecule has 9 heavy (non-hydrogen) atoms. The van der Waals surface area contributed by atoms with Crippen molar-refractivity contribution in [3.8, 4) is 0 Å². The van der Waals surface area contributed by atoms with Gasteiger partial charge in [-0.2, -0.15) is 0 Å². The summed E-state index contributed by atoms with van der Waals surface area (Å²) in [5.74, 6) is 0.919. The van der Waals surface area contributed by atoms with Crippen molar-refractivity contribution in [2.45, 2.75) is 0 Å². The van der Waals surface area contributed by atoms with Crippen molar-refractivity contribution in [3.63, 3.8) is 0 Å². The molecule has 0 unspecified atom stereocenters. The average Bonchev–Trinajstić information content (AvgIpc) is 2.33. The molecule has 0 saturated heterocycles. The van der Waals surface area contributed by atoms with E-state index < -0.39 is 0 Å². The fourth-order valence-corrected chi connectivity index (χ4v) is 1.36. The van der Waals surface area contributed by atoms with Gasteiger partial charge in [0.25, 0.3) is 0 Å². The van der Waals surface area contributed by atoms with Crippen molar-refractivity contribution in [1.82, 2.24) is 4.72 Å². The molecule has 2 rings (SSSR count). The Morgan fingerprint density at radius 2 is 2.56 bits per heavy atom. The molecule has 0 bridgehead atoms. The standard InChI is InChI=1S/C6H5NOS/c1-2-5-6(8-3-1)4-9-7-5/h1-4,7H. The van der Waals surface area contributed by atoms with Crippen LogP contribution in [-0.4, -0.2) is 0 Å². The lowest BCUT2D eigenvalue weighted by molar-refractivity contribution is 0.357. The zero-order valence-electron chi connectivity index (χ0n) is 4.63. The van der Waals surface area contributed by atoms with Crippen molar-refractivity contribution in [2.75, 3.05) is 0 Å². The lowest BCUT2D eigenvalue weighted by Gasteiger charge is -2.05. The van der Waals surface area contributed by atoms with Gasteiger partial charge in [0.2, 0.25) is 0 Å². The Morgan fingerprint density at radius 3 is 3.44 bits per heavy atom. The number of hydrogen-bond donors (Lipinski definition) is 1. The predicted octanol–water partition coefficient (Wildman–Crippen LogP) is 1.51. The van der Waals surface area contributed by atoms with Crippen LogP contribution in [0.15, 0.2) is 35.3 Å². The molecular weight excluding hydrogens is 134 g/mol. The van der Waals surface area contributed by atoms with Crippen LogP contribution in [0.5, 0.6) is 0 Å². The largest absolute Gasteiger partial charge is 0.462 e. The van der Waals surface area contributed by atoms with Crippen LogP contribution in [0.4, 0.5) is 0 Å². The Hall–Kier alpha value is -0.830. The van der Waals surface area contributed by atoms with Gasteiger partial charge in [0.1, 0.15) is 0 Å². The third-order valence-corrected chi connectivity index (χ3v) is 1.81. The zero-order chi connectivity index (χ0) is 6.10. The summed E-state index contributed by atoms with van der Waals surface area (Å²) in [6, 6.07) is 0. The van der Waals surface area contributed by atoms with Gasteiger partial charge in [0.05, 0.1) is 12.0 Å². The van der Waals surface area contributed by atoms with E-state index >= 15 is 0 Å². The van der Waals surface area contributed by atoms with Gasteiger partial charge in [0.15, 0.2) is 5.76 Å². The third-order valence-electron chi connectivity index (χ3n) is 1.14. The number of nitrogens with one attached hydrogen (secondary N) is 1. The van der Waals surface area contributed by atoms with E-state index in [1.165, 1.54) is 11.9 Å². The molecule has 0 saturated carbocycles. The van der Waals surface area contributed by atoms with Crippen molar-refractivity contribution < 1.29 is 4.74 Å². The van der Waals surface area contributed by atoms with Gasteiger partial charge in [-0.15, -0.1) is 0 Å². The molecule has 2 heterocycles. The molecule has 1 N–H and O–H groups in total. The Morgan fingerprint density at radius 1 is 1.56 bits per heavy atom. The normalized spacial score (nSPS) is 21.3. The second kappa shape index (κ2) is 1.84. The Labute approximate surface area is 57.4 Å². The van der Waals surface area contributed by atoms with Crippen molar-refractivity contribution in [3.05, 3.63) is 35.3 Å². The maximum atomic E-state index is 5.13. The van der Waals surface area contributed by atoms with E-state index in [-0.39, 0.29) is 0 Å². The van der Waals surface area contributed by atoms with E-state index in [0.717, 1.165) is 11.5 Å².